The van der Waals surface area contributed by atoms with Gasteiger partial charge >= 0.3 is 0 Å². The SMILES string of the molecule is O=C(CN1CCCN(S(=O)(=O)N2CCCC2)CC1)Nc1ccccc1. The Morgan fingerprint density at radius 3 is 2.24 bits per heavy atom. The zero-order valence-electron chi connectivity index (χ0n) is 14.4. The van der Waals surface area contributed by atoms with Gasteiger partial charge < -0.3 is 5.32 Å². The van der Waals surface area contributed by atoms with Crippen LogP contribution in [0.5, 0.6) is 0 Å². The molecule has 7 nitrogen and oxygen atoms in total. The number of anilines is 1. The minimum Gasteiger partial charge on any atom is -0.325 e. The van der Waals surface area contributed by atoms with E-state index in [0.717, 1.165) is 31.5 Å². The van der Waals surface area contributed by atoms with Gasteiger partial charge in [-0.2, -0.15) is 17.0 Å². The van der Waals surface area contributed by atoms with Crippen LogP contribution in [0.1, 0.15) is 19.3 Å². The van der Waals surface area contributed by atoms with Gasteiger partial charge in [-0.15, -0.1) is 0 Å². The first kappa shape index (κ1) is 18.3. The number of para-hydroxylation sites is 1. The van der Waals surface area contributed by atoms with E-state index >= 15 is 0 Å². The Morgan fingerprint density at radius 1 is 0.880 bits per heavy atom. The Hall–Kier alpha value is -1.48. The zero-order valence-corrected chi connectivity index (χ0v) is 15.2. The summed E-state index contributed by atoms with van der Waals surface area (Å²) in [6.07, 6.45) is 2.63. The largest absolute Gasteiger partial charge is 0.325 e. The lowest BCUT2D eigenvalue weighted by atomic mass is 10.3. The van der Waals surface area contributed by atoms with E-state index in [-0.39, 0.29) is 12.5 Å². The lowest BCUT2D eigenvalue weighted by Crippen LogP contribution is -2.44. The summed E-state index contributed by atoms with van der Waals surface area (Å²) in [6, 6.07) is 9.36. The molecule has 0 spiro atoms. The number of rotatable bonds is 5. The summed E-state index contributed by atoms with van der Waals surface area (Å²) in [5.74, 6) is -0.0675. The molecule has 0 unspecified atom stereocenters. The topological polar surface area (TPSA) is 73.0 Å². The second-order valence-corrected chi connectivity index (χ2v) is 8.49. The van der Waals surface area contributed by atoms with Crippen molar-refractivity contribution in [1.29, 1.82) is 0 Å². The molecule has 25 heavy (non-hydrogen) atoms. The van der Waals surface area contributed by atoms with Gasteiger partial charge in [-0.25, -0.2) is 0 Å². The van der Waals surface area contributed by atoms with Gasteiger partial charge in [0.05, 0.1) is 6.54 Å². The second-order valence-electron chi connectivity index (χ2n) is 6.56. The summed E-state index contributed by atoms with van der Waals surface area (Å²) in [4.78, 5) is 14.2. The summed E-state index contributed by atoms with van der Waals surface area (Å²) in [5.41, 5.74) is 0.778. The van der Waals surface area contributed by atoms with Crippen molar-refractivity contribution >= 4 is 21.8 Å². The first-order valence-electron chi connectivity index (χ1n) is 8.88. The fourth-order valence-electron chi connectivity index (χ4n) is 3.34. The molecule has 0 saturated carbocycles. The molecule has 0 aliphatic carbocycles. The molecule has 2 saturated heterocycles. The van der Waals surface area contributed by atoms with Gasteiger partial charge in [-0.3, -0.25) is 9.69 Å². The monoisotopic (exact) mass is 366 g/mol. The van der Waals surface area contributed by atoms with Crippen LogP contribution in [0.2, 0.25) is 0 Å². The average Bonchev–Trinajstić information content (AvgIpc) is 3.04. The fraction of sp³-hybridized carbons (Fsp3) is 0.588. The fourth-order valence-corrected chi connectivity index (χ4v) is 5.06. The molecule has 3 rings (SSSR count). The average molecular weight is 366 g/mol. The molecular weight excluding hydrogens is 340 g/mol. The maximum atomic E-state index is 12.7. The first-order valence-corrected chi connectivity index (χ1v) is 10.3. The maximum Gasteiger partial charge on any atom is 0.282 e. The molecule has 1 amide bonds. The highest BCUT2D eigenvalue weighted by molar-refractivity contribution is 7.86. The molecule has 0 atom stereocenters. The summed E-state index contributed by atoms with van der Waals surface area (Å²) in [7, 11) is -3.35. The van der Waals surface area contributed by atoms with E-state index in [9.17, 15) is 13.2 Å². The van der Waals surface area contributed by atoms with Crippen molar-refractivity contribution in [3.8, 4) is 0 Å². The van der Waals surface area contributed by atoms with Crippen molar-refractivity contribution in [2.45, 2.75) is 19.3 Å². The maximum absolute atomic E-state index is 12.7. The molecule has 2 aliphatic heterocycles. The van der Waals surface area contributed by atoms with E-state index in [0.29, 0.717) is 32.7 Å². The van der Waals surface area contributed by atoms with Crippen LogP contribution in [0.3, 0.4) is 0 Å². The number of hydrogen-bond acceptors (Lipinski definition) is 4. The number of amides is 1. The van der Waals surface area contributed by atoms with Crippen LogP contribution < -0.4 is 5.32 Å². The molecule has 0 radical (unpaired) electrons. The Morgan fingerprint density at radius 2 is 1.52 bits per heavy atom. The predicted molar refractivity (Wildman–Crippen MR) is 97.4 cm³/mol. The lowest BCUT2D eigenvalue weighted by Gasteiger charge is -2.26. The third-order valence-corrected chi connectivity index (χ3v) is 6.73. The van der Waals surface area contributed by atoms with Crippen molar-refractivity contribution in [2.75, 3.05) is 51.1 Å². The standard InChI is InChI=1S/C17H26N4O3S/c22-17(18-16-7-2-1-3-8-16)15-19-9-6-12-21(14-13-19)25(23,24)20-10-4-5-11-20/h1-3,7-8H,4-6,9-15H2,(H,18,22). The van der Waals surface area contributed by atoms with Crippen LogP contribution in [0.15, 0.2) is 30.3 Å². The summed E-state index contributed by atoms with van der Waals surface area (Å²) in [5, 5.41) is 2.88. The Bertz CT molecular complexity index is 674. The van der Waals surface area contributed by atoms with Gasteiger partial charge in [-0.05, 0) is 37.9 Å². The molecule has 2 fully saturated rings. The van der Waals surface area contributed by atoms with Gasteiger partial charge in [0.1, 0.15) is 0 Å². The van der Waals surface area contributed by atoms with Crippen LogP contribution in [-0.2, 0) is 15.0 Å². The Kier molecular flexibility index (Phi) is 6.06. The summed E-state index contributed by atoms with van der Waals surface area (Å²) in [6.45, 7) is 3.81. The van der Waals surface area contributed by atoms with Crippen molar-refractivity contribution in [3.63, 3.8) is 0 Å². The van der Waals surface area contributed by atoms with Crippen LogP contribution in [-0.4, -0.2) is 73.6 Å². The third kappa shape index (κ3) is 4.78. The minimum atomic E-state index is -3.35. The highest BCUT2D eigenvalue weighted by Crippen LogP contribution is 2.18. The summed E-state index contributed by atoms with van der Waals surface area (Å²) >= 11 is 0. The van der Waals surface area contributed by atoms with Crippen LogP contribution >= 0.6 is 0 Å². The molecule has 138 valence electrons. The molecule has 0 bridgehead atoms. The molecule has 2 heterocycles. The zero-order chi connectivity index (χ0) is 17.7. The van der Waals surface area contributed by atoms with E-state index in [2.05, 4.69) is 5.32 Å². The van der Waals surface area contributed by atoms with Crippen molar-refractivity contribution in [1.82, 2.24) is 13.5 Å². The first-order chi connectivity index (χ1) is 12.1. The van der Waals surface area contributed by atoms with Crippen molar-refractivity contribution < 1.29 is 13.2 Å². The van der Waals surface area contributed by atoms with E-state index in [4.69, 9.17) is 0 Å². The molecule has 2 aliphatic rings. The Labute approximate surface area is 149 Å². The number of nitrogens with one attached hydrogen (secondary N) is 1. The second kappa shape index (κ2) is 8.27. The number of nitrogens with zero attached hydrogens (tertiary/aromatic N) is 3. The predicted octanol–water partition coefficient (Wildman–Crippen LogP) is 0.973. The molecular formula is C17H26N4O3S. The van der Waals surface area contributed by atoms with E-state index in [1.165, 1.54) is 0 Å². The van der Waals surface area contributed by atoms with E-state index < -0.39 is 10.2 Å². The number of carbonyl (C=O) groups excluding carboxylic acids is 1. The Balaban J connectivity index is 1.52. The van der Waals surface area contributed by atoms with Crippen LogP contribution in [0.4, 0.5) is 5.69 Å². The summed E-state index contributed by atoms with van der Waals surface area (Å²) < 4.78 is 28.5. The smallest absolute Gasteiger partial charge is 0.282 e. The van der Waals surface area contributed by atoms with Crippen LogP contribution in [0, 0.1) is 0 Å². The quantitative estimate of drug-likeness (QED) is 0.843. The van der Waals surface area contributed by atoms with E-state index in [1.807, 2.05) is 35.2 Å². The molecule has 8 heteroatoms. The van der Waals surface area contributed by atoms with Crippen molar-refractivity contribution in [3.05, 3.63) is 30.3 Å². The third-order valence-electron chi connectivity index (χ3n) is 4.69. The molecule has 1 N–H and O–H groups in total. The number of hydrogen-bond donors (Lipinski definition) is 1. The molecule has 1 aromatic rings. The van der Waals surface area contributed by atoms with E-state index in [1.54, 1.807) is 8.61 Å². The van der Waals surface area contributed by atoms with Gasteiger partial charge in [0.25, 0.3) is 10.2 Å². The van der Waals surface area contributed by atoms with Crippen LogP contribution in [0.25, 0.3) is 0 Å². The molecule has 1 aromatic carbocycles. The van der Waals surface area contributed by atoms with Gasteiger partial charge in [0, 0.05) is 38.4 Å². The van der Waals surface area contributed by atoms with Gasteiger partial charge in [0.15, 0.2) is 0 Å². The number of benzene rings is 1. The minimum absolute atomic E-state index is 0.0675. The normalized spacial score (nSPS) is 21.1. The van der Waals surface area contributed by atoms with Gasteiger partial charge in [0.2, 0.25) is 5.91 Å². The highest BCUT2D eigenvalue weighted by atomic mass is 32.2. The highest BCUT2D eigenvalue weighted by Gasteiger charge is 2.32. The van der Waals surface area contributed by atoms with Gasteiger partial charge in [-0.1, -0.05) is 18.2 Å². The van der Waals surface area contributed by atoms with Crippen molar-refractivity contribution in [2.24, 2.45) is 0 Å². The lowest BCUT2D eigenvalue weighted by molar-refractivity contribution is -0.117. The number of carbonyl (C=O) groups is 1. The molecule has 0 aromatic heterocycles.